The third kappa shape index (κ3) is 1.09. The van der Waals surface area contributed by atoms with Crippen molar-refractivity contribution in [3.63, 3.8) is 0 Å². The van der Waals surface area contributed by atoms with Gasteiger partial charge in [0, 0.05) is 6.54 Å². The highest BCUT2D eigenvalue weighted by molar-refractivity contribution is 6.29. The first-order chi connectivity index (χ1) is 6.63. The Labute approximate surface area is 79.4 Å². The van der Waals surface area contributed by atoms with Gasteiger partial charge >= 0.3 is 5.69 Å². The molecule has 2 heterocycles. The zero-order valence-corrected chi connectivity index (χ0v) is 7.50. The van der Waals surface area contributed by atoms with E-state index in [1.54, 1.807) is 6.92 Å². The Hall–Kier alpha value is -1.79. The molecule has 0 amide bonds. The Morgan fingerprint density at radius 3 is 2.79 bits per heavy atom. The molecule has 0 spiro atoms. The minimum absolute atomic E-state index is 0.123. The van der Waals surface area contributed by atoms with Gasteiger partial charge in [-0.1, -0.05) is 0 Å². The molecule has 14 heavy (non-hydrogen) atoms. The number of imidazole rings is 1. The molecule has 0 atom stereocenters. The Balaban J connectivity index is 3.05. The molecule has 0 aliphatic heterocycles. The lowest BCUT2D eigenvalue weighted by Crippen LogP contribution is -2.29. The van der Waals surface area contributed by atoms with Gasteiger partial charge < -0.3 is 4.98 Å². The summed E-state index contributed by atoms with van der Waals surface area (Å²) in [5.74, 6) is 0. The number of hydrogen-bond acceptors (Lipinski definition) is 3. The maximum Gasteiger partial charge on any atom is 0.330 e. The van der Waals surface area contributed by atoms with E-state index in [9.17, 15) is 9.59 Å². The van der Waals surface area contributed by atoms with Crippen molar-refractivity contribution in [1.29, 1.82) is 0 Å². The second-order valence-electron chi connectivity index (χ2n) is 2.82. The predicted molar refractivity (Wildman–Crippen MR) is 52.0 cm³/mol. The maximum absolute atomic E-state index is 11.3. The van der Waals surface area contributed by atoms with Crippen molar-refractivity contribution in [2.24, 2.45) is 0 Å². The number of aromatic amines is 2. The second kappa shape index (κ2) is 2.86. The summed E-state index contributed by atoms with van der Waals surface area (Å²) >= 11 is 0. The molecule has 0 aliphatic carbocycles. The highest BCUT2D eigenvalue weighted by atomic mass is 16.2. The van der Waals surface area contributed by atoms with Gasteiger partial charge in [-0.25, -0.2) is 9.78 Å². The van der Waals surface area contributed by atoms with E-state index >= 15 is 0 Å². The molecule has 0 fully saturated rings. The van der Waals surface area contributed by atoms with E-state index in [2.05, 4.69) is 15.0 Å². The zero-order valence-electron chi connectivity index (χ0n) is 7.50. The molecule has 0 bridgehead atoms. The maximum atomic E-state index is 11.3. The van der Waals surface area contributed by atoms with Gasteiger partial charge in [0.2, 0.25) is 0 Å². The summed E-state index contributed by atoms with van der Waals surface area (Å²) in [4.78, 5) is 31.2. The smallest absolute Gasteiger partial charge is 0.330 e. The van der Waals surface area contributed by atoms with Crippen molar-refractivity contribution >= 4 is 24.7 Å². The summed E-state index contributed by atoms with van der Waals surface area (Å²) < 4.78 is 1.34. The zero-order chi connectivity index (χ0) is 10.3. The molecule has 0 aliphatic rings. The van der Waals surface area contributed by atoms with Gasteiger partial charge in [-0.3, -0.25) is 14.3 Å². The molecular formula is C7H7BN4O2. The summed E-state index contributed by atoms with van der Waals surface area (Å²) in [6.45, 7) is 2.21. The molecule has 70 valence electrons. The third-order valence-corrected chi connectivity index (χ3v) is 1.97. The van der Waals surface area contributed by atoms with E-state index in [0.29, 0.717) is 12.2 Å². The summed E-state index contributed by atoms with van der Waals surface area (Å²) in [7, 11) is 5.40. The molecule has 2 N–H and O–H groups in total. The van der Waals surface area contributed by atoms with E-state index in [1.165, 1.54) is 4.57 Å². The molecule has 6 nitrogen and oxygen atoms in total. The van der Waals surface area contributed by atoms with Gasteiger partial charge in [0.05, 0.1) is 5.72 Å². The average molecular weight is 190 g/mol. The first-order valence-electron chi connectivity index (χ1n) is 4.11. The van der Waals surface area contributed by atoms with E-state index < -0.39 is 11.2 Å². The number of rotatable bonds is 1. The summed E-state index contributed by atoms with van der Waals surface area (Å²) in [5, 5.41) is 0. The van der Waals surface area contributed by atoms with Gasteiger partial charge in [-0.15, -0.1) is 0 Å². The number of nitrogens with zero attached hydrogens (tertiary/aromatic N) is 2. The van der Waals surface area contributed by atoms with Crippen LogP contribution in [0.3, 0.4) is 0 Å². The first kappa shape index (κ1) is 8.80. The number of nitrogens with one attached hydrogen (secondary N) is 2. The molecule has 0 unspecified atom stereocenters. The number of H-pyrrole nitrogens is 2. The number of aryl methyl sites for hydroxylation is 1. The normalized spacial score (nSPS) is 10.9. The summed E-state index contributed by atoms with van der Waals surface area (Å²) in [6.07, 6.45) is 0. The fourth-order valence-corrected chi connectivity index (χ4v) is 1.35. The molecular weight excluding hydrogens is 183 g/mol. The highest BCUT2D eigenvalue weighted by Gasteiger charge is 2.09. The largest absolute Gasteiger partial charge is 0.345 e. The predicted octanol–water partition coefficient (Wildman–Crippen LogP) is -1.77. The van der Waals surface area contributed by atoms with E-state index in [0.717, 1.165) is 0 Å². The average Bonchev–Trinajstić information content (AvgIpc) is 2.48. The first-order valence-corrected chi connectivity index (χ1v) is 4.11. The number of fused-ring (bicyclic) bond motifs is 1. The second-order valence-corrected chi connectivity index (χ2v) is 2.82. The Morgan fingerprint density at radius 1 is 1.43 bits per heavy atom. The van der Waals surface area contributed by atoms with Crippen LogP contribution >= 0.6 is 0 Å². The lowest BCUT2D eigenvalue weighted by molar-refractivity contribution is 0.720. The van der Waals surface area contributed by atoms with Crippen LogP contribution in [0.25, 0.3) is 11.2 Å². The fraction of sp³-hybridized carbons (Fsp3) is 0.286. The molecule has 7 heteroatoms. The molecule has 2 aromatic heterocycles. The van der Waals surface area contributed by atoms with Crippen molar-refractivity contribution in [1.82, 2.24) is 19.5 Å². The van der Waals surface area contributed by atoms with Crippen LogP contribution in [0.5, 0.6) is 0 Å². The van der Waals surface area contributed by atoms with Crippen molar-refractivity contribution in [2.75, 3.05) is 0 Å². The van der Waals surface area contributed by atoms with Crippen LogP contribution in [0.4, 0.5) is 0 Å². The topological polar surface area (TPSA) is 83.5 Å². The minimum Gasteiger partial charge on any atom is -0.345 e. The monoisotopic (exact) mass is 190 g/mol. The van der Waals surface area contributed by atoms with Crippen molar-refractivity contribution in [3.8, 4) is 0 Å². The Morgan fingerprint density at radius 2 is 2.14 bits per heavy atom. The van der Waals surface area contributed by atoms with Crippen LogP contribution < -0.4 is 17.0 Å². The minimum atomic E-state index is -0.501. The van der Waals surface area contributed by atoms with Crippen LogP contribution in [0.15, 0.2) is 9.59 Å². The highest BCUT2D eigenvalue weighted by Crippen LogP contribution is 1.97. The molecule has 0 saturated carbocycles. The molecule has 2 aromatic rings. The molecule has 0 saturated heterocycles. The molecule has 2 radical (unpaired) electrons. The van der Waals surface area contributed by atoms with Crippen molar-refractivity contribution < 1.29 is 0 Å². The van der Waals surface area contributed by atoms with E-state index in [1.807, 2.05) is 0 Å². The standard InChI is InChI=1S/C7H7BN4O2/c1-2-12-4-3(9-6(8)10-4)5(13)11-7(12)14/h2H2,1H3,(H,9,10)(H,11,13,14). The van der Waals surface area contributed by atoms with E-state index in [-0.39, 0.29) is 11.2 Å². The third-order valence-electron chi connectivity index (χ3n) is 1.97. The van der Waals surface area contributed by atoms with Crippen LogP contribution in [0.2, 0.25) is 0 Å². The lowest BCUT2D eigenvalue weighted by atomic mass is 10.1. The van der Waals surface area contributed by atoms with Crippen LogP contribution in [-0.4, -0.2) is 27.4 Å². The lowest BCUT2D eigenvalue weighted by Gasteiger charge is -1.99. The number of aromatic nitrogens is 4. The van der Waals surface area contributed by atoms with Gasteiger partial charge in [-0.2, -0.15) is 0 Å². The summed E-state index contributed by atoms with van der Waals surface area (Å²) in [5.41, 5.74) is -0.337. The summed E-state index contributed by atoms with van der Waals surface area (Å²) in [6, 6.07) is 0. The SMILES string of the molecule is [B]c1nc2c([nH]1)c(=O)[nH]c(=O)n2CC. The van der Waals surface area contributed by atoms with Gasteiger partial charge in [0.1, 0.15) is 5.52 Å². The molecule has 2 rings (SSSR count). The number of hydrogen-bond donors (Lipinski definition) is 2. The quantitative estimate of drug-likeness (QED) is 0.521. The van der Waals surface area contributed by atoms with Gasteiger partial charge in [0.25, 0.3) is 5.56 Å². The van der Waals surface area contributed by atoms with Gasteiger partial charge in [-0.05, 0) is 6.92 Å². The Kier molecular flexibility index (Phi) is 1.80. The Bertz CT molecular complexity index is 594. The molecule has 0 aromatic carbocycles. The van der Waals surface area contributed by atoms with Crippen molar-refractivity contribution in [2.45, 2.75) is 13.5 Å². The van der Waals surface area contributed by atoms with Crippen LogP contribution in [0, 0.1) is 0 Å². The van der Waals surface area contributed by atoms with E-state index in [4.69, 9.17) is 7.85 Å². The van der Waals surface area contributed by atoms with Crippen LogP contribution in [0.1, 0.15) is 6.92 Å². The van der Waals surface area contributed by atoms with Crippen LogP contribution in [-0.2, 0) is 6.54 Å². The fourth-order valence-electron chi connectivity index (χ4n) is 1.35. The van der Waals surface area contributed by atoms with Gasteiger partial charge in [0.15, 0.2) is 13.5 Å². The van der Waals surface area contributed by atoms with Crippen molar-refractivity contribution in [3.05, 3.63) is 20.8 Å².